The molecular formula is C39H48F2N6O7S. The molecule has 0 radical (unpaired) electrons. The number of benzene rings is 1. The molecule has 0 unspecified atom stereocenters. The number of carboxylic acid groups (broad SMARTS) is 1. The molecule has 0 saturated carbocycles. The van der Waals surface area contributed by atoms with Crippen LogP contribution in [0.4, 0.5) is 8.78 Å². The first-order valence-electron chi connectivity index (χ1n) is 18.7. The van der Waals surface area contributed by atoms with Crippen LogP contribution in [-0.2, 0) is 26.1 Å². The predicted octanol–water partition coefficient (Wildman–Crippen LogP) is 5.84. The molecule has 1 N–H and O–H groups in total. The molecular weight excluding hydrogens is 735 g/mol. The average Bonchev–Trinajstić information content (AvgIpc) is 3.81. The van der Waals surface area contributed by atoms with Crippen LogP contribution in [0.25, 0.3) is 5.65 Å². The van der Waals surface area contributed by atoms with E-state index in [2.05, 4.69) is 20.1 Å². The van der Waals surface area contributed by atoms with Crippen LogP contribution >= 0.6 is 0 Å². The van der Waals surface area contributed by atoms with Crippen LogP contribution in [0.15, 0.2) is 41.4 Å². The van der Waals surface area contributed by atoms with E-state index in [0.717, 1.165) is 25.2 Å². The Labute approximate surface area is 319 Å². The fourth-order valence-electron chi connectivity index (χ4n) is 8.08. The van der Waals surface area contributed by atoms with Crippen LogP contribution < -0.4 is 9.47 Å². The molecule has 7 rings (SSSR count). The normalized spacial score (nSPS) is 19.3. The Kier molecular flexibility index (Phi) is 10.6. The maximum absolute atomic E-state index is 14.7. The van der Waals surface area contributed by atoms with Crippen molar-refractivity contribution in [2.24, 2.45) is 5.41 Å². The van der Waals surface area contributed by atoms with Crippen molar-refractivity contribution in [2.45, 2.75) is 89.7 Å². The summed E-state index contributed by atoms with van der Waals surface area (Å²) in [6.45, 7) is 12.6. The van der Waals surface area contributed by atoms with Crippen molar-refractivity contribution in [3.05, 3.63) is 75.7 Å². The zero-order valence-corrected chi connectivity index (χ0v) is 32.7. The zero-order valence-electron chi connectivity index (χ0n) is 31.8. The van der Waals surface area contributed by atoms with E-state index in [-0.39, 0.29) is 29.5 Å². The highest BCUT2D eigenvalue weighted by atomic mass is 32.2. The van der Waals surface area contributed by atoms with Gasteiger partial charge in [-0.15, -0.1) is 10.2 Å². The van der Waals surface area contributed by atoms with Gasteiger partial charge in [0, 0.05) is 43.6 Å². The molecule has 0 amide bonds. The van der Waals surface area contributed by atoms with E-state index in [1.54, 1.807) is 39.8 Å². The van der Waals surface area contributed by atoms with Crippen LogP contribution in [0, 0.1) is 26.2 Å². The summed E-state index contributed by atoms with van der Waals surface area (Å²) in [6, 6.07) is 8.74. The number of ether oxygens (including phenoxy) is 3. The van der Waals surface area contributed by atoms with Crippen LogP contribution in [-0.4, -0.2) is 99.9 Å². The minimum atomic E-state index is -4.18. The van der Waals surface area contributed by atoms with Crippen molar-refractivity contribution >= 4 is 21.6 Å². The van der Waals surface area contributed by atoms with Gasteiger partial charge in [-0.05, 0) is 100 Å². The number of fused-ring (bicyclic) bond motifs is 2. The molecule has 0 bridgehead atoms. The Morgan fingerprint density at radius 3 is 2.47 bits per heavy atom. The maximum atomic E-state index is 14.7. The van der Waals surface area contributed by atoms with Gasteiger partial charge in [0.2, 0.25) is 27.6 Å². The lowest BCUT2D eigenvalue weighted by Crippen LogP contribution is -2.50. The molecule has 1 atom stereocenters. The highest BCUT2D eigenvalue weighted by Gasteiger charge is 2.46. The van der Waals surface area contributed by atoms with Crippen molar-refractivity contribution in [3.8, 4) is 11.8 Å². The fourth-order valence-corrected chi connectivity index (χ4v) is 9.71. The average molecular weight is 783 g/mol. The molecule has 6 heterocycles. The molecule has 3 aliphatic heterocycles. The number of hydrogen-bond acceptors (Lipinski definition) is 10. The number of carboxylic acids is 1. The Morgan fingerprint density at radius 1 is 1.05 bits per heavy atom. The standard InChI is InChI=1S/C39H48F2N6O7S/c1-24-8-9-27(31(38(4,5)37(48)49)29-10-15-47-33(26(29)3)43-44-34(47)32(40)41)21-28(24)22-46-23-39(11-17-52-18-12-39)54-36-30(55(46,50)51)20-25(2)35(42-36)53-19-16-45-13-6-7-14-45/h8-10,15,20-21,31-32H,6-7,11-14,16-19,22-23H2,1-5H3,(H,48,49)/t31-/m0/s1. The summed E-state index contributed by atoms with van der Waals surface area (Å²) >= 11 is 0. The smallest absolute Gasteiger partial charge is 0.310 e. The van der Waals surface area contributed by atoms with Crippen molar-refractivity contribution in [1.29, 1.82) is 0 Å². The van der Waals surface area contributed by atoms with E-state index in [1.165, 1.54) is 27.7 Å². The van der Waals surface area contributed by atoms with Gasteiger partial charge in [0.1, 0.15) is 17.1 Å². The number of hydrogen-bond donors (Lipinski definition) is 1. The van der Waals surface area contributed by atoms with Gasteiger partial charge in [0.25, 0.3) is 6.43 Å². The van der Waals surface area contributed by atoms with Gasteiger partial charge in [-0.25, -0.2) is 17.2 Å². The first kappa shape index (κ1) is 39.0. The molecule has 296 valence electrons. The molecule has 1 spiro atoms. The lowest BCUT2D eigenvalue weighted by atomic mass is 9.70. The predicted molar refractivity (Wildman–Crippen MR) is 198 cm³/mol. The second-order valence-electron chi connectivity index (χ2n) is 15.6. The highest BCUT2D eigenvalue weighted by molar-refractivity contribution is 7.89. The summed E-state index contributed by atoms with van der Waals surface area (Å²) < 4.78 is 77.9. The van der Waals surface area contributed by atoms with Gasteiger partial charge >= 0.3 is 5.97 Å². The molecule has 16 heteroatoms. The molecule has 4 aromatic rings. The summed E-state index contributed by atoms with van der Waals surface area (Å²) in [7, 11) is -4.18. The number of aliphatic carboxylic acids is 1. The van der Waals surface area contributed by atoms with Gasteiger partial charge in [-0.3, -0.25) is 14.1 Å². The van der Waals surface area contributed by atoms with Crippen molar-refractivity contribution < 1.29 is 41.3 Å². The number of rotatable bonds is 11. The Bertz CT molecular complexity index is 2200. The summed E-state index contributed by atoms with van der Waals surface area (Å²) in [6.07, 6.45) is 1.82. The third kappa shape index (κ3) is 7.41. The lowest BCUT2D eigenvalue weighted by Gasteiger charge is -2.38. The number of nitrogens with zero attached hydrogens (tertiary/aromatic N) is 6. The van der Waals surface area contributed by atoms with Crippen LogP contribution in [0.5, 0.6) is 11.8 Å². The number of halogens is 2. The molecule has 2 fully saturated rings. The first-order chi connectivity index (χ1) is 26.1. The van der Waals surface area contributed by atoms with Gasteiger partial charge in [0.15, 0.2) is 5.65 Å². The van der Waals surface area contributed by atoms with E-state index in [1.807, 2.05) is 25.1 Å². The van der Waals surface area contributed by atoms with Crippen LogP contribution in [0.2, 0.25) is 0 Å². The SMILES string of the molecule is Cc1ccc([C@@H](c2ccn3c(C(F)F)nnc3c2C)C(C)(C)C(=O)O)cc1CN1CC2(CCOCC2)Oc2nc(OCCN3CCCC3)c(C)cc2S1(=O)=O. The zero-order chi connectivity index (χ0) is 39.3. The summed E-state index contributed by atoms with van der Waals surface area (Å²) in [5.41, 5.74) is 1.67. The number of carbonyl (C=O) groups is 1. The van der Waals surface area contributed by atoms with E-state index >= 15 is 0 Å². The molecule has 55 heavy (non-hydrogen) atoms. The summed E-state index contributed by atoms with van der Waals surface area (Å²) in [5.74, 6) is -2.00. The Balaban J connectivity index is 1.27. The second kappa shape index (κ2) is 15.0. The van der Waals surface area contributed by atoms with Crippen LogP contribution in [0.1, 0.15) is 91.1 Å². The molecule has 2 saturated heterocycles. The van der Waals surface area contributed by atoms with Crippen LogP contribution in [0.3, 0.4) is 0 Å². The maximum Gasteiger partial charge on any atom is 0.310 e. The second-order valence-corrected chi connectivity index (χ2v) is 17.5. The lowest BCUT2D eigenvalue weighted by molar-refractivity contribution is -0.147. The Morgan fingerprint density at radius 2 is 1.78 bits per heavy atom. The topological polar surface area (TPSA) is 149 Å². The molecule has 3 aliphatic rings. The number of sulfonamides is 1. The molecule has 0 aliphatic carbocycles. The fraction of sp³-hybridized carbons (Fsp3) is 0.538. The van der Waals surface area contributed by atoms with Crippen molar-refractivity contribution in [1.82, 2.24) is 28.8 Å². The van der Waals surface area contributed by atoms with Gasteiger partial charge in [-0.1, -0.05) is 18.2 Å². The van der Waals surface area contributed by atoms with E-state index in [9.17, 15) is 27.1 Å². The number of aryl methyl sites for hydroxylation is 3. The first-order valence-corrected chi connectivity index (χ1v) is 20.1. The van der Waals surface area contributed by atoms with Crippen molar-refractivity contribution in [2.75, 3.05) is 46.0 Å². The van der Waals surface area contributed by atoms with Crippen molar-refractivity contribution in [3.63, 3.8) is 0 Å². The number of likely N-dealkylation sites (tertiary alicyclic amines) is 1. The van der Waals surface area contributed by atoms with E-state index in [4.69, 9.17) is 14.2 Å². The highest BCUT2D eigenvalue weighted by Crippen LogP contribution is 2.45. The minimum absolute atomic E-state index is 0.00858. The minimum Gasteiger partial charge on any atom is -0.481 e. The molecule has 3 aromatic heterocycles. The largest absolute Gasteiger partial charge is 0.481 e. The summed E-state index contributed by atoms with van der Waals surface area (Å²) in [4.78, 5) is 19.8. The van der Waals surface area contributed by atoms with Gasteiger partial charge < -0.3 is 19.3 Å². The molecule has 13 nitrogen and oxygen atoms in total. The number of pyridine rings is 2. The van der Waals surface area contributed by atoms with E-state index in [0.29, 0.717) is 66.4 Å². The van der Waals surface area contributed by atoms with Gasteiger partial charge in [-0.2, -0.15) is 9.29 Å². The quantitative estimate of drug-likeness (QED) is 0.196. The number of alkyl halides is 2. The molecule has 1 aromatic carbocycles. The monoisotopic (exact) mass is 782 g/mol. The third-order valence-electron chi connectivity index (χ3n) is 11.5. The van der Waals surface area contributed by atoms with Gasteiger partial charge in [0.05, 0.1) is 25.2 Å². The Hall–Kier alpha value is -4.25. The van der Waals surface area contributed by atoms with E-state index < -0.39 is 45.2 Å². The summed E-state index contributed by atoms with van der Waals surface area (Å²) in [5, 5.41) is 18.2. The number of aromatic nitrogens is 4. The third-order valence-corrected chi connectivity index (χ3v) is 13.3.